The van der Waals surface area contributed by atoms with E-state index in [2.05, 4.69) is 231 Å². The van der Waals surface area contributed by atoms with Crippen molar-refractivity contribution >= 4 is 104 Å². The van der Waals surface area contributed by atoms with Crippen LogP contribution in [0.5, 0.6) is 11.5 Å². The summed E-state index contributed by atoms with van der Waals surface area (Å²) in [4.78, 5) is 0. The fourth-order valence-electron chi connectivity index (χ4n) is 12.3. The monoisotopic (exact) mass is 903 g/mol. The summed E-state index contributed by atoms with van der Waals surface area (Å²) < 4.78 is 19.6. The first-order valence-electron chi connectivity index (χ1n) is 23.5. The third-order valence-electron chi connectivity index (χ3n) is 15.3. The Kier molecular flexibility index (Phi) is 7.75. The average molecular weight is 904 g/mol. The molecule has 3 aromatic heterocycles. The second-order valence-electron chi connectivity index (χ2n) is 19.1. The molecule has 2 aliphatic rings. The van der Waals surface area contributed by atoms with Crippen LogP contribution in [-0.4, -0.2) is 12.6 Å². The van der Waals surface area contributed by atoms with Crippen LogP contribution in [0.2, 0.25) is 0 Å². The summed E-state index contributed by atoms with van der Waals surface area (Å²) in [6.07, 6.45) is 0. The van der Waals surface area contributed by atoms with Crippen LogP contribution >= 0.6 is 11.3 Å². The molecule has 1 aliphatic heterocycles. The van der Waals surface area contributed by atoms with Crippen LogP contribution in [0.15, 0.2) is 217 Å². The highest BCUT2D eigenvalue weighted by Crippen LogP contribution is 2.49. The zero-order valence-corrected chi connectivity index (χ0v) is 39.2. The lowest BCUT2D eigenvalue weighted by molar-refractivity contribution is 0.487. The van der Waals surface area contributed by atoms with Gasteiger partial charge in [0.25, 0.3) is 0 Å². The number of thiophene rings is 1. The SMILES string of the molecule is CC1(C)c2ccccc2-c2c1cccc2[Si]1(c2cccc3c2oc2cc(-n4c5ccccc5c5ccccc54)ccc23)c2ccccc2Oc2cc(-c3ccc4sc5ccccc5c4c3)ccc21. The van der Waals surface area contributed by atoms with E-state index < -0.39 is 8.07 Å². The van der Waals surface area contributed by atoms with Crippen molar-refractivity contribution in [1.82, 2.24) is 4.57 Å². The Morgan fingerprint density at radius 3 is 1.94 bits per heavy atom. The molecule has 0 radical (unpaired) electrons. The zero-order valence-electron chi connectivity index (χ0n) is 37.4. The number of fused-ring (bicyclic) bond motifs is 14. The quantitative estimate of drug-likeness (QED) is 0.165. The fourth-order valence-corrected chi connectivity index (χ4v) is 18.7. The summed E-state index contributed by atoms with van der Waals surface area (Å²) >= 11 is 1.85. The van der Waals surface area contributed by atoms with E-state index in [0.717, 1.165) is 44.7 Å². The first-order valence-corrected chi connectivity index (χ1v) is 26.3. The van der Waals surface area contributed by atoms with Gasteiger partial charge in [-0.3, -0.25) is 0 Å². The van der Waals surface area contributed by atoms with E-state index in [1.54, 1.807) is 0 Å². The molecular weight excluding hydrogens is 863 g/mol. The van der Waals surface area contributed by atoms with Crippen LogP contribution in [-0.2, 0) is 5.41 Å². The van der Waals surface area contributed by atoms with Gasteiger partial charge in [-0.1, -0.05) is 166 Å². The molecule has 0 amide bonds. The smallest absolute Gasteiger partial charge is 0.193 e. The number of ether oxygens (including phenoxy) is 1. The topological polar surface area (TPSA) is 27.3 Å². The summed E-state index contributed by atoms with van der Waals surface area (Å²) in [6, 6.07) is 78.7. The Morgan fingerprint density at radius 1 is 0.441 bits per heavy atom. The molecule has 68 heavy (non-hydrogen) atoms. The van der Waals surface area contributed by atoms with E-state index in [-0.39, 0.29) is 5.41 Å². The minimum absolute atomic E-state index is 0.187. The number of rotatable bonds is 4. The molecule has 320 valence electrons. The van der Waals surface area contributed by atoms with E-state index in [4.69, 9.17) is 9.15 Å². The molecule has 0 saturated heterocycles. The summed E-state index contributed by atoms with van der Waals surface area (Å²) in [6.45, 7) is 4.77. The van der Waals surface area contributed by atoms with Crippen LogP contribution in [0.25, 0.3) is 91.9 Å². The third-order valence-corrected chi connectivity index (χ3v) is 21.4. The van der Waals surface area contributed by atoms with Gasteiger partial charge in [-0.15, -0.1) is 11.3 Å². The number of hydrogen-bond acceptors (Lipinski definition) is 3. The molecule has 15 rings (SSSR count). The van der Waals surface area contributed by atoms with Crippen molar-refractivity contribution in [2.45, 2.75) is 19.3 Å². The van der Waals surface area contributed by atoms with Gasteiger partial charge in [0.15, 0.2) is 8.07 Å². The van der Waals surface area contributed by atoms with Crippen LogP contribution in [0.1, 0.15) is 25.0 Å². The predicted octanol–water partition coefficient (Wildman–Crippen LogP) is 14.5. The average Bonchev–Trinajstić information content (AvgIpc) is 4.12. The Hall–Kier alpha value is -7.96. The molecule has 0 spiro atoms. The molecule has 1 aliphatic carbocycles. The van der Waals surface area contributed by atoms with Gasteiger partial charge < -0.3 is 13.7 Å². The van der Waals surface area contributed by atoms with Gasteiger partial charge in [0.1, 0.15) is 22.7 Å². The normalized spacial score (nSPS) is 15.8. The Balaban J connectivity index is 1.03. The lowest BCUT2D eigenvalue weighted by atomic mass is 9.82. The first-order chi connectivity index (χ1) is 33.5. The number of nitrogens with zero attached hydrogens (tertiary/aromatic N) is 1. The maximum atomic E-state index is 7.45. The van der Waals surface area contributed by atoms with E-state index in [1.807, 2.05) is 11.3 Å². The lowest BCUT2D eigenvalue weighted by Gasteiger charge is -2.40. The zero-order chi connectivity index (χ0) is 44.9. The van der Waals surface area contributed by atoms with Crippen molar-refractivity contribution in [3.63, 3.8) is 0 Å². The summed E-state index contributed by atoms with van der Waals surface area (Å²) in [5.74, 6) is 1.79. The molecular formula is C63H41NO2SSi. The lowest BCUT2D eigenvalue weighted by Crippen LogP contribution is -2.76. The first kappa shape index (κ1) is 38.2. The van der Waals surface area contributed by atoms with Gasteiger partial charge in [0, 0.05) is 58.9 Å². The molecule has 0 N–H and O–H groups in total. The van der Waals surface area contributed by atoms with E-state index in [1.165, 1.54) is 90.5 Å². The van der Waals surface area contributed by atoms with Gasteiger partial charge in [0.2, 0.25) is 0 Å². The van der Waals surface area contributed by atoms with Crippen molar-refractivity contribution in [3.05, 3.63) is 223 Å². The minimum Gasteiger partial charge on any atom is -0.458 e. The standard InChI is InChI=1S/C63H41NO2SSi/c1-63(2)48-20-7-3-18-46(48)61-49(63)21-14-27-59(61)68(57-26-12-10-24-52(57)65-54-36-39(30-34-58(54)68)38-29-33-56-47(35-38)44-17-6-11-25-55(44)67-56)60-28-13-19-45-43-32-31-40(37-53(43)66-62(45)60)64-50-22-8-4-15-41(50)42-16-5-9-23-51(42)64/h3-37H,1-2H3. The second-order valence-corrected chi connectivity index (χ2v) is 23.8. The largest absolute Gasteiger partial charge is 0.458 e. The molecule has 0 bridgehead atoms. The van der Waals surface area contributed by atoms with Gasteiger partial charge in [0.05, 0.1) is 11.0 Å². The number of benzene rings is 10. The van der Waals surface area contributed by atoms with Gasteiger partial charge in [-0.2, -0.15) is 0 Å². The highest BCUT2D eigenvalue weighted by atomic mass is 32.1. The summed E-state index contributed by atoms with van der Waals surface area (Å²) in [7, 11) is -3.35. The van der Waals surface area contributed by atoms with Crippen molar-refractivity contribution in [3.8, 4) is 39.4 Å². The number of furan rings is 1. The van der Waals surface area contributed by atoms with E-state index in [9.17, 15) is 0 Å². The molecule has 4 heterocycles. The van der Waals surface area contributed by atoms with Crippen molar-refractivity contribution in [1.29, 1.82) is 0 Å². The molecule has 13 aromatic rings. The van der Waals surface area contributed by atoms with Crippen molar-refractivity contribution in [2.75, 3.05) is 0 Å². The number of para-hydroxylation sites is 4. The predicted molar refractivity (Wildman–Crippen MR) is 288 cm³/mol. The molecule has 0 saturated carbocycles. The maximum absolute atomic E-state index is 7.45. The van der Waals surface area contributed by atoms with Gasteiger partial charge in [-0.25, -0.2) is 0 Å². The molecule has 5 heteroatoms. The molecule has 10 aromatic carbocycles. The molecule has 0 fully saturated rings. The number of aromatic nitrogens is 1. The van der Waals surface area contributed by atoms with Gasteiger partial charge in [-0.05, 0) is 109 Å². The Bertz CT molecular complexity index is 4250. The Morgan fingerprint density at radius 2 is 1.07 bits per heavy atom. The highest BCUT2D eigenvalue weighted by molar-refractivity contribution is 7.25. The van der Waals surface area contributed by atoms with E-state index in [0.29, 0.717) is 0 Å². The molecule has 3 nitrogen and oxygen atoms in total. The van der Waals surface area contributed by atoms with Gasteiger partial charge >= 0.3 is 0 Å². The summed E-state index contributed by atoms with van der Waals surface area (Å²) in [5.41, 5.74) is 12.7. The van der Waals surface area contributed by atoms with Crippen LogP contribution in [0.4, 0.5) is 0 Å². The Labute approximate surface area is 397 Å². The van der Waals surface area contributed by atoms with Crippen LogP contribution < -0.4 is 25.5 Å². The maximum Gasteiger partial charge on any atom is 0.193 e. The fraction of sp³-hybridized carbons (Fsp3) is 0.0476. The second kappa shape index (κ2) is 13.8. The van der Waals surface area contributed by atoms with Crippen molar-refractivity contribution < 1.29 is 9.15 Å². The molecule has 1 atom stereocenters. The number of hydrogen-bond donors (Lipinski definition) is 0. The van der Waals surface area contributed by atoms with Crippen LogP contribution in [0.3, 0.4) is 0 Å². The highest BCUT2D eigenvalue weighted by Gasteiger charge is 2.52. The molecule has 1 unspecified atom stereocenters. The third kappa shape index (κ3) is 5.01. The van der Waals surface area contributed by atoms with E-state index >= 15 is 0 Å². The summed E-state index contributed by atoms with van der Waals surface area (Å²) in [5, 5.41) is 12.3. The minimum atomic E-state index is -3.35. The van der Waals surface area contributed by atoms with Crippen LogP contribution in [0, 0.1) is 0 Å². The van der Waals surface area contributed by atoms with Crippen molar-refractivity contribution in [2.24, 2.45) is 0 Å².